The number of amides is 2. The predicted octanol–water partition coefficient (Wildman–Crippen LogP) is 5.27. The van der Waals surface area contributed by atoms with E-state index in [1.54, 1.807) is 0 Å². The number of carbonyl (C=O) groups is 2. The van der Waals surface area contributed by atoms with Crippen LogP contribution in [-0.4, -0.2) is 16.8 Å². The quantitative estimate of drug-likeness (QED) is 0.508. The van der Waals surface area contributed by atoms with E-state index in [4.69, 9.17) is 0 Å². The Hall–Kier alpha value is -2.64. The Morgan fingerprint density at radius 1 is 1.10 bits per heavy atom. The monoisotopic (exact) mass is 423 g/mol. The molecule has 5 nitrogen and oxygen atoms in total. The van der Waals surface area contributed by atoms with Gasteiger partial charge < -0.3 is 10.6 Å². The van der Waals surface area contributed by atoms with Gasteiger partial charge in [0.15, 0.2) is 5.13 Å². The first-order valence-electron chi connectivity index (χ1n) is 9.44. The van der Waals surface area contributed by atoms with Gasteiger partial charge in [-0.25, -0.2) is 4.98 Å². The minimum atomic E-state index is -0.435. The zero-order chi connectivity index (χ0) is 20.2. The maximum Gasteiger partial charge on any atom is 0.244 e. The number of hydrogen-bond acceptors (Lipinski definition) is 5. The Balaban J connectivity index is 1.53. The number of rotatable bonds is 7. The fourth-order valence-electron chi connectivity index (χ4n) is 2.86. The predicted molar refractivity (Wildman–Crippen MR) is 118 cm³/mol. The van der Waals surface area contributed by atoms with Crippen LogP contribution in [0.4, 0.5) is 10.8 Å². The number of thioether (sulfide) groups is 1. The number of nitrogens with one attached hydrogen (secondary N) is 2. The SMILES string of the molecule is Cc1csc(NC(=O)C(Sc2cccc(NC(=O)C3CC3)c2)c2ccccc2)n1. The molecule has 1 atom stereocenters. The highest BCUT2D eigenvalue weighted by Gasteiger charge is 2.29. The van der Waals surface area contributed by atoms with Gasteiger partial charge >= 0.3 is 0 Å². The molecule has 29 heavy (non-hydrogen) atoms. The highest BCUT2D eigenvalue weighted by Crippen LogP contribution is 2.38. The van der Waals surface area contributed by atoms with Crippen molar-refractivity contribution in [3.05, 3.63) is 71.2 Å². The van der Waals surface area contributed by atoms with Crippen LogP contribution in [-0.2, 0) is 9.59 Å². The number of aromatic nitrogens is 1. The number of nitrogens with zero attached hydrogens (tertiary/aromatic N) is 1. The van der Waals surface area contributed by atoms with Crippen LogP contribution >= 0.6 is 23.1 Å². The second kappa shape index (κ2) is 8.80. The molecular weight excluding hydrogens is 402 g/mol. The molecule has 1 aliphatic carbocycles. The minimum absolute atomic E-state index is 0.0728. The molecule has 1 heterocycles. The molecule has 1 aliphatic rings. The summed E-state index contributed by atoms with van der Waals surface area (Å²) in [5.74, 6) is 0.0996. The standard InChI is InChI=1S/C22H21N3O2S2/c1-14-13-28-22(23-14)25-21(27)19(15-6-3-2-4-7-15)29-18-9-5-8-17(12-18)24-20(26)16-10-11-16/h2-9,12-13,16,19H,10-11H2,1H3,(H,24,26)(H,23,25,27). The van der Waals surface area contributed by atoms with Gasteiger partial charge in [0.1, 0.15) is 5.25 Å². The van der Waals surface area contributed by atoms with Crippen LogP contribution in [0.2, 0.25) is 0 Å². The van der Waals surface area contributed by atoms with E-state index < -0.39 is 5.25 Å². The van der Waals surface area contributed by atoms with E-state index in [2.05, 4.69) is 15.6 Å². The fourth-order valence-corrected chi connectivity index (χ4v) is 4.63. The first-order valence-corrected chi connectivity index (χ1v) is 11.2. The van der Waals surface area contributed by atoms with Crippen molar-refractivity contribution in [2.75, 3.05) is 10.6 Å². The number of hydrogen-bond donors (Lipinski definition) is 2. The molecule has 0 radical (unpaired) electrons. The van der Waals surface area contributed by atoms with Gasteiger partial charge in [-0.2, -0.15) is 0 Å². The summed E-state index contributed by atoms with van der Waals surface area (Å²) in [7, 11) is 0. The van der Waals surface area contributed by atoms with Gasteiger partial charge in [-0.1, -0.05) is 36.4 Å². The van der Waals surface area contributed by atoms with Gasteiger partial charge in [0.05, 0.1) is 5.69 Å². The lowest BCUT2D eigenvalue weighted by Crippen LogP contribution is -2.19. The third-order valence-corrected chi connectivity index (χ3v) is 6.62. The summed E-state index contributed by atoms with van der Waals surface area (Å²) >= 11 is 2.87. The Kier molecular flexibility index (Phi) is 5.97. The smallest absolute Gasteiger partial charge is 0.244 e. The van der Waals surface area contributed by atoms with Crippen molar-refractivity contribution < 1.29 is 9.59 Å². The van der Waals surface area contributed by atoms with Crippen molar-refractivity contribution in [1.29, 1.82) is 0 Å². The lowest BCUT2D eigenvalue weighted by atomic mass is 10.1. The Morgan fingerprint density at radius 2 is 1.90 bits per heavy atom. The van der Waals surface area contributed by atoms with Crippen molar-refractivity contribution >= 4 is 45.7 Å². The fraction of sp³-hybridized carbons (Fsp3) is 0.227. The maximum absolute atomic E-state index is 13.1. The van der Waals surface area contributed by atoms with Crippen LogP contribution in [0.15, 0.2) is 64.9 Å². The molecule has 3 aromatic rings. The molecule has 1 saturated carbocycles. The number of anilines is 2. The molecule has 1 unspecified atom stereocenters. The maximum atomic E-state index is 13.1. The lowest BCUT2D eigenvalue weighted by Gasteiger charge is -2.17. The van der Waals surface area contributed by atoms with Gasteiger partial charge in [-0.05, 0) is 43.5 Å². The summed E-state index contributed by atoms with van der Waals surface area (Å²) in [5, 5.41) is 7.97. The van der Waals surface area contributed by atoms with Gasteiger partial charge in [-0.3, -0.25) is 9.59 Å². The van der Waals surface area contributed by atoms with E-state index in [1.807, 2.05) is 66.9 Å². The van der Waals surface area contributed by atoms with Gasteiger partial charge in [0.25, 0.3) is 0 Å². The van der Waals surface area contributed by atoms with Crippen LogP contribution in [0, 0.1) is 12.8 Å². The highest BCUT2D eigenvalue weighted by molar-refractivity contribution is 8.00. The van der Waals surface area contributed by atoms with Crippen molar-refractivity contribution in [3.8, 4) is 0 Å². The summed E-state index contributed by atoms with van der Waals surface area (Å²) in [6.07, 6.45) is 1.93. The molecule has 0 aliphatic heterocycles. The van der Waals surface area contributed by atoms with Crippen LogP contribution < -0.4 is 10.6 Å². The van der Waals surface area contributed by atoms with E-state index >= 15 is 0 Å². The molecule has 1 aromatic heterocycles. The largest absolute Gasteiger partial charge is 0.326 e. The van der Waals surface area contributed by atoms with Gasteiger partial charge in [-0.15, -0.1) is 23.1 Å². The molecular formula is C22H21N3O2S2. The molecule has 148 valence electrons. The summed E-state index contributed by atoms with van der Waals surface area (Å²) in [6.45, 7) is 1.90. The van der Waals surface area contributed by atoms with E-state index in [-0.39, 0.29) is 17.7 Å². The number of aryl methyl sites for hydroxylation is 1. The molecule has 0 spiro atoms. The Bertz CT molecular complexity index is 1020. The number of thiazole rings is 1. The summed E-state index contributed by atoms with van der Waals surface area (Å²) in [6, 6.07) is 17.3. The molecule has 1 fully saturated rings. The minimum Gasteiger partial charge on any atom is -0.326 e. The van der Waals surface area contributed by atoms with Gasteiger partial charge in [0, 0.05) is 21.9 Å². The van der Waals surface area contributed by atoms with E-state index in [9.17, 15) is 9.59 Å². The van der Waals surface area contributed by atoms with Crippen molar-refractivity contribution in [1.82, 2.24) is 4.98 Å². The van der Waals surface area contributed by atoms with E-state index in [0.29, 0.717) is 5.13 Å². The lowest BCUT2D eigenvalue weighted by molar-refractivity contribution is -0.117. The molecule has 2 N–H and O–H groups in total. The molecule has 7 heteroatoms. The second-order valence-electron chi connectivity index (χ2n) is 6.98. The number of carbonyl (C=O) groups excluding carboxylic acids is 2. The zero-order valence-corrected chi connectivity index (χ0v) is 17.6. The van der Waals surface area contributed by atoms with Gasteiger partial charge in [0.2, 0.25) is 11.8 Å². The van der Waals surface area contributed by atoms with Crippen LogP contribution in [0.3, 0.4) is 0 Å². The zero-order valence-electron chi connectivity index (χ0n) is 15.9. The third-order valence-electron chi connectivity index (χ3n) is 4.49. The van der Waals surface area contributed by atoms with E-state index in [1.165, 1.54) is 23.1 Å². The van der Waals surface area contributed by atoms with E-state index in [0.717, 1.165) is 34.7 Å². The first kappa shape index (κ1) is 19.7. The van der Waals surface area contributed by atoms with Crippen LogP contribution in [0.1, 0.15) is 29.3 Å². The van der Waals surface area contributed by atoms with Crippen molar-refractivity contribution in [2.24, 2.45) is 5.92 Å². The normalized spacial score (nSPS) is 14.2. The first-order chi connectivity index (χ1) is 14.1. The number of benzene rings is 2. The average Bonchev–Trinajstić information content (AvgIpc) is 3.50. The molecule has 4 rings (SSSR count). The second-order valence-corrected chi connectivity index (χ2v) is 9.02. The van der Waals surface area contributed by atoms with Crippen molar-refractivity contribution in [3.63, 3.8) is 0 Å². The summed E-state index contributed by atoms with van der Waals surface area (Å²) < 4.78 is 0. The molecule has 0 bridgehead atoms. The topological polar surface area (TPSA) is 71.1 Å². The molecule has 2 amide bonds. The molecule has 2 aromatic carbocycles. The summed E-state index contributed by atoms with van der Waals surface area (Å²) in [4.78, 5) is 30.4. The van der Waals surface area contributed by atoms with Crippen molar-refractivity contribution in [2.45, 2.75) is 29.9 Å². The third kappa shape index (κ3) is 5.25. The Labute approximate surface area is 178 Å². The summed E-state index contributed by atoms with van der Waals surface area (Å²) in [5.41, 5.74) is 2.55. The average molecular weight is 424 g/mol. The highest BCUT2D eigenvalue weighted by atomic mass is 32.2. The van der Waals surface area contributed by atoms with Crippen LogP contribution in [0.5, 0.6) is 0 Å². The molecule has 0 saturated heterocycles. The van der Waals surface area contributed by atoms with Crippen LogP contribution in [0.25, 0.3) is 0 Å². The Morgan fingerprint density at radius 3 is 2.59 bits per heavy atom.